The normalized spacial score (nSPS) is 28.0. The first-order chi connectivity index (χ1) is 5.74. The highest BCUT2D eigenvalue weighted by atomic mass is 14.4. The Bertz CT molecular complexity index is 115. The Morgan fingerprint density at radius 1 is 1.17 bits per heavy atom. The lowest BCUT2D eigenvalue weighted by Gasteiger charge is -2.03. The number of hydrogen-bond donors (Lipinski definition) is 0. The van der Waals surface area contributed by atoms with Gasteiger partial charge < -0.3 is 0 Å². The molecule has 0 bridgehead atoms. The van der Waals surface area contributed by atoms with Gasteiger partial charge in [-0.25, -0.2) is 0 Å². The van der Waals surface area contributed by atoms with Crippen LogP contribution < -0.4 is 0 Å². The molecule has 1 saturated carbocycles. The highest BCUT2D eigenvalue weighted by Crippen LogP contribution is 2.45. The summed E-state index contributed by atoms with van der Waals surface area (Å²) in [4.78, 5) is 0. The van der Waals surface area contributed by atoms with Crippen LogP contribution in [0.1, 0.15) is 59.3 Å². The lowest BCUT2D eigenvalue weighted by Crippen LogP contribution is -1.89. The zero-order valence-corrected chi connectivity index (χ0v) is 8.97. The zero-order valence-electron chi connectivity index (χ0n) is 8.97. The minimum absolute atomic E-state index is 0.911. The second-order valence-corrected chi connectivity index (χ2v) is 4.87. The van der Waals surface area contributed by atoms with E-state index in [0.717, 1.165) is 17.8 Å². The molecule has 0 saturated heterocycles. The topological polar surface area (TPSA) is 0 Å². The van der Waals surface area contributed by atoms with Crippen LogP contribution in [-0.4, -0.2) is 0 Å². The van der Waals surface area contributed by atoms with Crippen molar-refractivity contribution < 1.29 is 0 Å². The lowest BCUT2D eigenvalue weighted by molar-refractivity contribution is 0.500. The van der Waals surface area contributed by atoms with Gasteiger partial charge in [0.15, 0.2) is 0 Å². The smallest absolute Gasteiger partial charge is 0.0383 e. The Morgan fingerprint density at radius 2 is 1.83 bits per heavy atom. The summed E-state index contributed by atoms with van der Waals surface area (Å²) in [6, 6.07) is 0. The molecule has 2 atom stereocenters. The molecule has 1 aliphatic carbocycles. The second kappa shape index (κ2) is 4.89. The van der Waals surface area contributed by atoms with Crippen LogP contribution >= 0.6 is 0 Å². The van der Waals surface area contributed by atoms with Gasteiger partial charge >= 0.3 is 0 Å². The first-order valence-corrected chi connectivity index (χ1v) is 5.74. The zero-order chi connectivity index (χ0) is 8.97. The quantitative estimate of drug-likeness (QED) is 0.556. The molecule has 0 N–H and O–H groups in total. The van der Waals surface area contributed by atoms with Gasteiger partial charge in [-0.05, 0) is 24.2 Å². The minimum Gasteiger partial charge on any atom is -0.0654 e. The van der Waals surface area contributed by atoms with Crippen LogP contribution in [0.2, 0.25) is 0 Å². The van der Waals surface area contributed by atoms with Crippen molar-refractivity contribution >= 4 is 0 Å². The molecule has 0 radical (unpaired) electrons. The van der Waals surface area contributed by atoms with E-state index in [0.29, 0.717) is 0 Å². The third-order valence-electron chi connectivity index (χ3n) is 3.08. The molecular weight excluding hydrogens is 144 g/mol. The Morgan fingerprint density at radius 3 is 2.42 bits per heavy atom. The first-order valence-electron chi connectivity index (χ1n) is 5.74. The van der Waals surface area contributed by atoms with Crippen molar-refractivity contribution in [3.63, 3.8) is 0 Å². The van der Waals surface area contributed by atoms with Crippen LogP contribution in [0.5, 0.6) is 0 Å². The fraction of sp³-hybridized carbons (Fsp3) is 1.00. The Balaban J connectivity index is 1.90. The first kappa shape index (κ1) is 10.1. The van der Waals surface area contributed by atoms with Gasteiger partial charge in [-0.3, -0.25) is 0 Å². The minimum atomic E-state index is 0.911. The third-order valence-corrected chi connectivity index (χ3v) is 3.08. The third kappa shape index (κ3) is 3.60. The van der Waals surface area contributed by atoms with Gasteiger partial charge in [0, 0.05) is 0 Å². The molecule has 0 aromatic rings. The maximum absolute atomic E-state index is 2.33. The van der Waals surface area contributed by atoms with E-state index in [-0.39, 0.29) is 0 Å². The van der Waals surface area contributed by atoms with E-state index >= 15 is 0 Å². The molecule has 0 aromatic heterocycles. The average molecular weight is 168 g/mol. The van der Waals surface area contributed by atoms with Gasteiger partial charge in [-0.1, -0.05) is 52.9 Å². The average Bonchev–Trinajstić information content (AvgIpc) is 2.68. The summed E-state index contributed by atoms with van der Waals surface area (Å²) in [5.74, 6) is 3.17. The van der Waals surface area contributed by atoms with E-state index in [1.54, 1.807) is 6.42 Å². The highest BCUT2D eigenvalue weighted by Gasteiger charge is 2.34. The van der Waals surface area contributed by atoms with Crippen LogP contribution in [0.15, 0.2) is 0 Å². The predicted octanol–water partition coefficient (Wildman–Crippen LogP) is 4.25. The van der Waals surface area contributed by atoms with Crippen LogP contribution in [0, 0.1) is 17.8 Å². The van der Waals surface area contributed by atoms with Crippen molar-refractivity contribution in [2.45, 2.75) is 59.3 Å². The summed E-state index contributed by atoms with van der Waals surface area (Å²) in [6.07, 6.45) is 8.87. The van der Waals surface area contributed by atoms with E-state index in [4.69, 9.17) is 0 Å². The molecule has 0 aliphatic heterocycles. The molecule has 2 unspecified atom stereocenters. The molecule has 72 valence electrons. The largest absolute Gasteiger partial charge is 0.0654 e. The molecule has 0 spiro atoms. The monoisotopic (exact) mass is 168 g/mol. The van der Waals surface area contributed by atoms with E-state index in [2.05, 4.69) is 20.8 Å². The van der Waals surface area contributed by atoms with E-state index < -0.39 is 0 Å². The van der Waals surface area contributed by atoms with Crippen LogP contribution in [0.25, 0.3) is 0 Å². The van der Waals surface area contributed by atoms with E-state index in [9.17, 15) is 0 Å². The fourth-order valence-corrected chi connectivity index (χ4v) is 2.18. The SMILES string of the molecule is CCCC1CC1CCCC(C)C. The molecule has 0 nitrogen and oxygen atoms in total. The summed E-state index contributed by atoms with van der Waals surface area (Å²) < 4.78 is 0. The fourth-order valence-electron chi connectivity index (χ4n) is 2.18. The predicted molar refractivity (Wildman–Crippen MR) is 55.2 cm³/mol. The van der Waals surface area contributed by atoms with E-state index in [1.807, 2.05) is 0 Å². The van der Waals surface area contributed by atoms with Crippen molar-refractivity contribution in [2.24, 2.45) is 17.8 Å². The van der Waals surface area contributed by atoms with E-state index in [1.165, 1.54) is 32.1 Å². The number of rotatable bonds is 6. The number of hydrogen-bond acceptors (Lipinski definition) is 0. The van der Waals surface area contributed by atoms with Crippen LogP contribution in [0.3, 0.4) is 0 Å². The maximum Gasteiger partial charge on any atom is -0.0383 e. The van der Waals surface area contributed by atoms with Gasteiger partial charge in [0.05, 0.1) is 0 Å². The summed E-state index contributed by atoms with van der Waals surface area (Å²) >= 11 is 0. The molecule has 1 fully saturated rings. The summed E-state index contributed by atoms with van der Waals surface area (Å²) in [6.45, 7) is 6.97. The molecular formula is C12H24. The Hall–Kier alpha value is 0. The van der Waals surface area contributed by atoms with Crippen LogP contribution in [0.4, 0.5) is 0 Å². The maximum atomic E-state index is 2.33. The molecule has 0 amide bonds. The Labute approximate surface area is 77.7 Å². The summed E-state index contributed by atoms with van der Waals surface area (Å²) in [5.41, 5.74) is 0. The molecule has 1 rings (SSSR count). The molecule has 0 aromatic carbocycles. The van der Waals surface area contributed by atoms with Crippen molar-refractivity contribution in [1.29, 1.82) is 0 Å². The highest BCUT2D eigenvalue weighted by molar-refractivity contribution is 4.85. The Kier molecular flexibility index (Phi) is 4.11. The van der Waals surface area contributed by atoms with Gasteiger partial charge in [0.2, 0.25) is 0 Å². The standard InChI is InChI=1S/C12H24/c1-4-6-11-9-12(11)8-5-7-10(2)3/h10-12H,4-9H2,1-3H3. The molecule has 0 heterocycles. The van der Waals surface area contributed by atoms with Crippen molar-refractivity contribution in [1.82, 2.24) is 0 Å². The van der Waals surface area contributed by atoms with Crippen LogP contribution in [-0.2, 0) is 0 Å². The van der Waals surface area contributed by atoms with Crippen molar-refractivity contribution in [3.05, 3.63) is 0 Å². The molecule has 1 aliphatic rings. The van der Waals surface area contributed by atoms with Gasteiger partial charge in [-0.2, -0.15) is 0 Å². The van der Waals surface area contributed by atoms with Crippen molar-refractivity contribution in [2.75, 3.05) is 0 Å². The van der Waals surface area contributed by atoms with Crippen molar-refractivity contribution in [3.8, 4) is 0 Å². The second-order valence-electron chi connectivity index (χ2n) is 4.87. The lowest BCUT2D eigenvalue weighted by atomic mass is 10.0. The molecule has 0 heteroatoms. The summed E-state index contributed by atoms with van der Waals surface area (Å²) in [5, 5.41) is 0. The molecule has 12 heavy (non-hydrogen) atoms. The van der Waals surface area contributed by atoms with Gasteiger partial charge in [0.25, 0.3) is 0 Å². The van der Waals surface area contributed by atoms with Gasteiger partial charge in [0.1, 0.15) is 0 Å². The summed E-state index contributed by atoms with van der Waals surface area (Å²) in [7, 11) is 0. The van der Waals surface area contributed by atoms with Gasteiger partial charge in [-0.15, -0.1) is 0 Å².